The number of nitrogens with one attached hydrogen (secondary N) is 1. The first kappa shape index (κ1) is 13.8. The average molecular weight is 238 g/mol. The van der Waals surface area contributed by atoms with Gasteiger partial charge in [0.2, 0.25) is 0 Å². The standard InChI is InChI=1S/C13H22N2O2/c1-9(2)7-11(16)8-14-13(17)12-6-5-10(3)15(12)4/h5-6,9,11,16H,7-8H2,1-4H3,(H,14,17). The van der Waals surface area contributed by atoms with Crippen molar-refractivity contribution in [3.8, 4) is 0 Å². The predicted octanol–water partition coefficient (Wildman–Crippen LogP) is 1.47. The highest BCUT2D eigenvalue weighted by atomic mass is 16.3. The Morgan fingerprint density at radius 3 is 2.59 bits per heavy atom. The van der Waals surface area contributed by atoms with Gasteiger partial charge in [0.25, 0.3) is 5.91 Å². The molecule has 1 atom stereocenters. The van der Waals surface area contributed by atoms with Crippen LogP contribution in [-0.4, -0.2) is 28.2 Å². The summed E-state index contributed by atoms with van der Waals surface area (Å²) in [5, 5.41) is 12.4. The van der Waals surface area contributed by atoms with Crippen LogP contribution in [0.3, 0.4) is 0 Å². The van der Waals surface area contributed by atoms with Gasteiger partial charge in [-0.3, -0.25) is 4.79 Å². The van der Waals surface area contributed by atoms with Gasteiger partial charge in [-0.1, -0.05) is 13.8 Å². The summed E-state index contributed by atoms with van der Waals surface area (Å²) < 4.78 is 1.84. The molecule has 1 unspecified atom stereocenters. The Hall–Kier alpha value is -1.29. The van der Waals surface area contributed by atoms with Crippen LogP contribution in [0.1, 0.15) is 36.5 Å². The summed E-state index contributed by atoms with van der Waals surface area (Å²) in [4.78, 5) is 11.8. The molecule has 0 aliphatic carbocycles. The number of carbonyl (C=O) groups is 1. The third-order valence-corrected chi connectivity index (χ3v) is 2.85. The molecule has 0 aliphatic rings. The lowest BCUT2D eigenvalue weighted by atomic mass is 10.1. The lowest BCUT2D eigenvalue weighted by molar-refractivity contribution is 0.0892. The molecule has 0 spiro atoms. The van der Waals surface area contributed by atoms with E-state index < -0.39 is 6.10 Å². The van der Waals surface area contributed by atoms with E-state index in [9.17, 15) is 9.90 Å². The van der Waals surface area contributed by atoms with Crippen LogP contribution in [0.5, 0.6) is 0 Å². The van der Waals surface area contributed by atoms with Gasteiger partial charge >= 0.3 is 0 Å². The van der Waals surface area contributed by atoms with Crippen LogP contribution in [0.4, 0.5) is 0 Å². The minimum atomic E-state index is -0.472. The van der Waals surface area contributed by atoms with Gasteiger partial charge in [-0.25, -0.2) is 0 Å². The number of hydrogen-bond acceptors (Lipinski definition) is 2. The Morgan fingerprint density at radius 2 is 2.12 bits per heavy atom. The van der Waals surface area contributed by atoms with E-state index in [0.717, 1.165) is 5.69 Å². The summed E-state index contributed by atoms with van der Waals surface area (Å²) in [6.07, 6.45) is 0.229. The molecule has 0 bridgehead atoms. The van der Waals surface area contributed by atoms with E-state index in [2.05, 4.69) is 5.32 Å². The molecular weight excluding hydrogens is 216 g/mol. The Kier molecular flexibility index (Phi) is 4.75. The third kappa shape index (κ3) is 3.89. The maximum Gasteiger partial charge on any atom is 0.267 e. The maximum absolute atomic E-state index is 11.8. The molecule has 1 heterocycles. The molecule has 1 rings (SSSR count). The zero-order chi connectivity index (χ0) is 13.0. The highest BCUT2D eigenvalue weighted by Crippen LogP contribution is 2.06. The molecule has 0 aliphatic heterocycles. The first-order chi connectivity index (χ1) is 7.91. The van der Waals surface area contributed by atoms with Gasteiger partial charge < -0.3 is 15.0 Å². The highest BCUT2D eigenvalue weighted by molar-refractivity contribution is 5.92. The van der Waals surface area contributed by atoms with Gasteiger partial charge in [-0.05, 0) is 31.4 Å². The first-order valence-electron chi connectivity index (χ1n) is 6.00. The Bertz CT molecular complexity index is 383. The normalized spacial score (nSPS) is 12.8. The molecule has 17 heavy (non-hydrogen) atoms. The molecule has 0 aromatic carbocycles. The van der Waals surface area contributed by atoms with Crippen LogP contribution in [0.25, 0.3) is 0 Å². The summed E-state index contributed by atoms with van der Waals surface area (Å²) in [6.45, 7) is 6.35. The van der Waals surface area contributed by atoms with Crippen molar-refractivity contribution < 1.29 is 9.90 Å². The fourth-order valence-electron chi connectivity index (χ4n) is 1.77. The van der Waals surface area contributed by atoms with Crippen molar-refractivity contribution >= 4 is 5.91 Å². The topological polar surface area (TPSA) is 54.3 Å². The zero-order valence-corrected chi connectivity index (χ0v) is 11.0. The van der Waals surface area contributed by atoms with Gasteiger partial charge in [0.15, 0.2) is 0 Å². The van der Waals surface area contributed by atoms with E-state index in [0.29, 0.717) is 24.6 Å². The van der Waals surface area contributed by atoms with E-state index >= 15 is 0 Å². The number of amides is 1. The molecule has 96 valence electrons. The van der Waals surface area contributed by atoms with Gasteiger partial charge in [-0.2, -0.15) is 0 Å². The van der Waals surface area contributed by atoms with Crippen LogP contribution >= 0.6 is 0 Å². The molecule has 4 nitrogen and oxygen atoms in total. The number of aromatic nitrogens is 1. The molecule has 0 saturated carbocycles. The summed E-state index contributed by atoms with van der Waals surface area (Å²) in [6, 6.07) is 3.69. The number of aryl methyl sites for hydroxylation is 1. The van der Waals surface area contributed by atoms with Crippen molar-refractivity contribution in [2.24, 2.45) is 13.0 Å². The van der Waals surface area contributed by atoms with Crippen molar-refractivity contribution in [3.63, 3.8) is 0 Å². The van der Waals surface area contributed by atoms with Gasteiger partial charge in [0, 0.05) is 19.3 Å². The Labute approximate surface area is 103 Å². The average Bonchev–Trinajstić information content (AvgIpc) is 2.55. The van der Waals surface area contributed by atoms with Crippen LogP contribution < -0.4 is 5.32 Å². The summed E-state index contributed by atoms with van der Waals surface area (Å²) >= 11 is 0. The van der Waals surface area contributed by atoms with E-state index in [-0.39, 0.29) is 5.91 Å². The SMILES string of the molecule is Cc1ccc(C(=O)NCC(O)CC(C)C)n1C. The zero-order valence-electron chi connectivity index (χ0n) is 11.0. The number of aliphatic hydroxyl groups excluding tert-OH is 1. The lowest BCUT2D eigenvalue weighted by Crippen LogP contribution is -2.33. The Balaban J connectivity index is 2.48. The molecule has 1 amide bonds. The van der Waals surface area contributed by atoms with Crippen molar-refractivity contribution in [1.29, 1.82) is 0 Å². The highest BCUT2D eigenvalue weighted by Gasteiger charge is 2.13. The van der Waals surface area contributed by atoms with E-state index in [1.165, 1.54) is 0 Å². The van der Waals surface area contributed by atoms with Crippen molar-refractivity contribution in [3.05, 3.63) is 23.5 Å². The largest absolute Gasteiger partial charge is 0.391 e. The fourth-order valence-corrected chi connectivity index (χ4v) is 1.77. The maximum atomic E-state index is 11.8. The predicted molar refractivity (Wildman–Crippen MR) is 67.9 cm³/mol. The third-order valence-electron chi connectivity index (χ3n) is 2.85. The lowest BCUT2D eigenvalue weighted by Gasteiger charge is -2.14. The minimum absolute atomic E-state index is 0.136. The second-order valence-electron chi connectivity index (χ2n) is 4.91. The fraction of sp³-hybridized carbons (Fsp3) is 0.615. The van der Waals surface area contributed by atoms with Crippen molar-refractivity contribution in [2.45, 2.75) is 33.3 Å². The molecular formula is C13H22N2O2. The number of aliphatic hydroxyl groups is 1. The summed E-state index contributed by atoms with van der Waals surface area (Å²) in [5.74, 6) is 0.294. The van der Waals surface area contributed by atoms with E-state index in [4.69, 9.17) is 0 Å². The van der Waals surface area contributed by atoms with E-state index in [1.807, 2.05) is 38.5 Å². The van der Waals surface area contributed by atoms with Gasteiger partial charge in [0.05, 0.1) is 6.10 Å². The molecule has 1 aromatic rings. The molecule has 2 N–H and O–H groups in total. The molecule has 4 heteroatoms. The molecule has 0 saturated heterocycles. The molecule has 0 fully saturated rings. The second kappa shape index (κ2) is 5.87. The number of hydrogen-bond donors (Lipinski definition) is 2. The Morgan fingerprint density at radius 1 is 1.47 bits per heavy atom. The van der Waals surface area contributed by atoms with Crippen molar-refractivity contribution in [2.75, 3.05) is 6.54 Å². The van der Waals surface area contributed by atoms with Gasteiger partial charge in [-0.15, -0.1) is 0 Å². The van der Waals surface area contributed by atoms with Crippen LogP contribution in [0.15, 0.2) is 12.1 Å². The van der Waals surface area contributed by atoms with Gasteiger partial charge in [0.1, 0.15) is 5.69 Å². The second-order valence-corrected chi connectivity index (χ2v) is 4.91. The minimum Gasteiger partial charge on any atom is -0.391 e. The summed E-state index contributed by atoms with van der Waals surface area (Å²) in [5.41, 5.74) is 1.66. The van der Waals surface area contributed by atoms with Crippen LogP contribution in [-0.2, 0) is 7.05 Å². The number of nitrogens with zero attached hydrogens (tertiary/aromatic N) is 1. The monoisotopic (exact) mass is 238 g/mol. The van der Waals surface area contributed by atoms with Crippen LogP contribution in [0.2, 0.25) is 0 Å². The van der Waals surface area contributed by atoms with Crippen LogP contribution in [0, 0.1) is 12.8 Å². The number of carbonyl (C=O) groups excluding carboxylic acids is 1. The number of rotatable bonds is 5. The summed E-state index contributed by atoms with van der Waals surface area (Å²) in [7, 11) is 1.86. The smallest absolute Gasteiger partial charge is 0.267 e. The van der Waals surface area contributed by atoms with Crippen molar-refractivity contribution in [1.82, 2.24) is 9.88 Å². The molecule has 0 radical (unpaired) electrons. The molecule has 1 aromatic heterocycles. The quantitative estimate of drug-likeness (QED) is 0.816. The van der Waals surface area contributed by atoms with E-state index in [1.54, 1.807) is 6.07 Å². The first-order valence-corrected chi connectivity index (χ1v) is 6.00.